The van der Waals surface area contributed by atoms with Gasteiger partial charge in [0.05, 0.1) is 6.61 Å². The molecule has 3 rings (SSSR count). The second-order valence-corrected chi connectivity index (χ2v) is 9.08. The average molecular weight is 419 g/mol. The molecule has 0 amide bonds. The molecule has 0 spiro atoms. The van der Waals surface area contributed by atoms with Gasteiger partial charge < -0.3 is 14.5 Å². The van der Waals surface area contributed by atoms with Crippen molar-refractivity contribution in [1.82, 2.24) is 9.80 Å². The number of benzene rings is 2. The van der Waals surface area contributed by atoms with Gasteiger partial charge in [-0.3, -0.25) is 0 Å². The van der Waals surface area contributed by atoms with E-state index in [0.29, 0.717) is 0 Å². The topological polar surface area (TPSA) is 15.7 Å². The summed E-state index contributed by atoms with van der Waals surface area (Å²) in [6.45, 7) is 5.02. The third-order valence-corrected chi connectivity index (χ3v) is 5.77. The number of hydrogen-bond donors (Lipinski definition) is 0. The third kappa shape index (κ3) is 6.56. The quantitative estimate of drug-likeness (QED) is 0.437. The van der Waals surface area contributed by atoms with Crippen molar-refractivity contribution in [2.45, 2.75) is 32.6 Å². The molecule has 0 unspecified atom stereocenters. The number of unbranched alkanes of at least 4 members (excludes halogenated alkanes) is 1. The Morgan fingerprint density at radius 1 is 0.903 bits per heavy atom. The zero-order valence-corrected chi connectivity index (χ0v) is 19.9. The maximum Gasteiger partial charge on any atom is 0.127 e. The van der Waals surface area contributed by atoms with Crippen LogP contribution >= 0.6 is 0 Å². The molecule has 0 atom stereocenters. The molecule has 0 saturated carbocycles. The van der Waals surface area contributed by atoms with E-state index in [1.807, 2.05) is 0 Å². The van der Waals surface area contributed by atoms with Crippen molar-refractivity contribution in [2.24, 2.45) is 0 Å². The summed E-state index contributed by atoms with van der Waals surface area (Å²) in [7, 11) is 8.54. The molecule has 0 bridgehead atoms. The minimum absolute atomic E-state index is 0.755. The highest BCUT2D eigenvalue weighted by molar-refractivity contribution is 5.84. The van der Waals surface area contributed by atoms with Gasteiger partial charge in [-0.05, 0) is 107 Å². The Morgan fingerprint density at radius 3 is 2.45 bits per heavy atom. The van der Waals surface area contributed by atoms with Gasteiger partial charge in [-0.1, -0.05) is 42.5 Å². The molecule has 0 radical (unpaired) electrons. The lowest BCUT2D eigenvalue weighted by Gasteiger charge is -2.22. The summed E-state index contributed by atoms with van der Waals surface area (Å²) in [5, 5.41) is 0. The minimum atomic E-state index is 0.755. The first kappa shape index (κ1) is 23.3. The molecule has 0 aromatic heterocycles. The Labute approximate surface area is 189 Å². The molecule has 0 fully saturated rings. The molecular weight excluding hydrogens is 380 g/mol. The molecule has 0 aliphatic heterocycles. The molecule has 1 aliphatic carbocycles. The van der Waals surface area contributed by atoms with Crippen LogP contribution in [0.5, 0.6) is 5.75 Å². The van der Waals surface area contributed by atoms with E-state index < -0.39 is 0 Å². The zero-order valence-electron chi connectivity index (χ0n) is 19.9. The second-order valence-electron chi connectivity index (χ2n) is 9.08. The summed E-state index contributed by atoms with van der Waals surface area (Å²) >= 11 is 0. The SMILES string of the molecule is Cc1ccccc1-c1ccc(OCCCCN(C)C)c(C2=C(CN(C)C)CCC=C2)c1. The van der Waals surface area contributed by atoms with Crippen molar-refractivity contribution >= 4 is 5.57 Å². The fourth-order valence-electron chi connectivity index (χ4n) is 4.18. The maximum absolute atomic E-state index is 6.35. The predicted octanol–water partition coefficient (Wildman–Crippen LogP) is 6.05. The van der Waals surface area contributed by atoms with E-state index in [1.165, 1.54) is 33.4 Å². The van der Waals surface area contributed by atoms with Crippen molar-refractivity contribution in [3.63, 3.8) is 0 Å². The molecule has 2 aromatic rings. The molecule has 3 heteroatoms. The molecule has 0 saturated heterocycles. The second kappa shape index (κ2) is 11.3. The number of hydrogen-bond acceptors (Lipinski definition) is 3. The predicted molar refractivity (Wildman–Crippen MR) is 134 cm³/mol. The monoisotopic (exact) mass is 418 g/mol. The van der Waals surface area contributed by atoms with E-state index >= 15 is 0 Å². The summed E-state index contributed by atoms with van der Waals surface area (Å²) in [5.41, 5.74) is 7.89. The molecule has 0 heterocycles. The van der Waals surface area contributed by atoms with E-state index in [2.05, 4.69) is 99.5 Å². The molecule has 31 heavy (non-hydrogen) atoms. The third-order valence-electron chi connectivity index (χ3n) is 5.77. The first-order chi connectivity index (χ1) is 15.0. The van der Waals surface area contributed by atoms with Crippen molar-refractivity contribution in [3.05, 3.63) is 71.3 Å². The number of likely N-dealkylation sites (N-methyl/N-ethyl adjacent to an activating group) is 1. The van der Waals surface area contributed by atoms with E-state index in [-0.39, 0.29) is 0 Å². The highest BCUT2D eigenvalue weighted by atomic mass is 16.5. The summed E-state index contributed by atoms with van der Waals surface area (Å²) in [6, 6.07) is 15.3. The lowest BCUT2D eigenvalue weighted by molar-refractivity contribution is 0.292. The molecule has 0 N–H and O–H groups in total. The average Bonchev–Trinajstić information content (AvgIpc) is 2.74. The molecule has 3 nitrogen and oxygen atoms in total. The van der Waals surface area contributed by atoms with Crippen LogP contribution in [0.4, 0.5) is 0 Å². The van der Waals surface area contributed by atoms with E-state index in [0.717, 1.165) is 51.1 Å². The Kier molecular flexibility index (Phi) is 8.51. The Morgan fingerprint density at radius 2 is 1.71 bits per heavy atom. The summed E-state index contributed by atoms with van der Waals surface area (Å²) in [6.07, 6.45) is 9.05. The van der Waals surface area contributed by atoms with Gasteiger partial charge >= 0.3 is 0 Å². The van der Waals surface area contributed by atoms with Crippen molar-refractivity contribution in [3.8, 4) is 16.9 Å². The standard InChI is InChI=1S/C28H38N2O/c1-22-12-6-8-14-25(22)23-16-17-28(31-19-11-10-18-29(2)3)27(20-23)26-15-9-7-13-24(26)21-30(4)5/h6,8-9,12,14-17,20H,7,10-11,13,18-19,21H2,1-5H3. The fourth-order valence-corrected chi connectivity index (χ4v) is 4.18. The van der Waals surface area contributed by atoms with Gasteiger partial charge in [-0.2, -0.15) is 0 Å². The normalized spacial score (nSPS) is 14.0. The zero-order chi connectivity index (χ0) is 22.2. The lowest BCUT2D eigenvalue weighted by atomic mass is 9.89. The number of nitrogens with zero attached hydrogens (tertiary/aromatic N) is 2. The van der Waals surface area contributed by atoms with Crippen LogP contribution < -0.4 is 4.74 Å². The molecule has 166 valence electrons. The van der Waals surface area contributed by atoms with E-state index in [1.54, 1.807) is 0 Å². The first-order valence-corrected chi connectivity index (χ1v) is 11.5. The number of allylic oxidation sites excluding steroid dienone is 3. The smallest absolute Gasteiger partial charge is 0.127 e. The minimum Gasteiger partial charge on any atom is -0.493 e. The van der Waals surface area contributed by atoms with Crippen LogP contribution in [0.2, 0.25) is 0 Å². The van der Waals surface area contributed by atoms with Crippen LogP contribution in [0.3, 0.4) is 0 Å². The van der Waals surface area contributed by atoms with Crippen LogP contribution in [-0.2, 0) is 0 Å². The van der Waals surface area contributed by atoms with Crippen LogP contribution in [0.1, 0.15) is 36.8 Å². The fraction of sp³-hybridized carbons (Fsp3) is 0.429. The molecular formula is C28H38N2O. The Bertz CT molecular complexity index is 924. The first-order valence-electron chi connectivity index (χ1n) is 11.5. The molecule has 2 aromatic carbocycles. The number of rotatable bonds is 10. The Hall–Kier alpha value is -2.36. The molecule has 1 aliphatic rings. The number of aryl methyl sites for hydroxylation is 1. The van der Waals surface area contributed by atoms with Gasteiger partial charge in [0.15, 0.2) is 0 Å². The van der Waals surface area contributed by atoms with Gasteiger partial charge in [0, 0.05) is 12.1 Å². The highest BCUT2D eigenvalue weighted by Crippen LogP contribution is 2.37. The largest absolute Gasteiger partial charge is 0.493 e. The van der Waals surface area contributed by atoms with Crippen molar-refractivity contribution in [2.75, 3.05) is 47.9 Å². The van der Waals surface area contributed by atoms with Gasteiger partial charge in [0.1, 0.15) is 5.75 Å². The summed E-state index contributed by atoms with van der Waals surface area (Å²) < 4.78 is 6.35. The van der Waals surface area contributed by atoms with Gasteiger partial charge in [-0.15, -0.1) is 0 Å². The summed E-state index contributed by atoms with van der Waals surface area (Å²) in [5.74, 6) is 1.000. The summed E-state index contributed by atoms with van der Waals surface area (Å²) in [4.78, 5) is 4.50. The van der Waals surface area contributed by atoms with E-state index in [9.17, 15) is 0 Å². The van der Waals surface area contributed by atoms with Gasteiger partial charge in [0.25, 0.3) is 0 Å². The van der Waals surface area contributed by atoms with Crippen LogP contribution in [0.15, 0.2) is 60.2 Å². The maximum atomic E-state index is 6.35. The van der Waals surface area contributed by atoms with E-state index in [4.69, 9.17) is 4.74 Å². The van der Waals surface area contributed by atoms with Crippen LogP contribution in [0.25, 0.3) is 16.7 Å². The van der Waals surface area contributed by atoms with Crippen molar-refractivity contribution < 1.29 is 4.74 Å². The van der Waals surface area contributed by atoms with Crippen LogP contribution in [0, 0.1) is 6.92 Å². The number of ether oxygens (including phenoxy) is 1. The van der Waals surface area contributed by atoms with Crippen LogP contribution in [-0.4, -0.2) is 57.7 Å². The lowest BCUT2D eigenvalue weighted by Crippen LogP contribution is -2.17. The Balaban J connectivity index is 1.96. The highest BCUT2D eigenvalue weighted by Gasteiger charge is 2.17. The van der Waals surface area contributed by atoms with Gasteiger partial charge in [-0.25, -0.2) is 0 Å². The van der Waals surface area contributed by atoms with Crippen molar-refractivity contribution in [1.29, 1.82) is 0 Å². The van der Waals surface area contributed by atoms with Gasteiger partial charge in [0.2, 0.25) is 0 Å².